The molecule has 6 heteroatoms. The fraction of sp³-hybridized carbons (Fsp3) is 0.750. The lowest BCUT2D eigenvalue weighted by atomic mass is 10.1. The molecule has 0 radical (unpaired) electrons. The summed E-state index contributed by atoms with van der Waals surface area (Å²) in [5.41, 5.74) is 4.93. The molecule has 0 aromatic rings. The predicted octanol–water partition coefficient (Wildman–Crippen LogP) is 2.02. The van der Waals surface area contributed by atoms with Gasteiger partial charge in [-0.15, -0.1) is 0 Å². The second-order valence-electron chi connectivity index (χ2n) is 4.21. The highest BCUT2D eigenvalue weighted by atomic mass is 79.9. The summed E-state index contributed by atoms with van der Waals surface area (Å²) >= 11 is 3.32. The number of rotatable bonds is 1. The van der Waals surface area contributed by atoms with E-state index >= 15 is 0 Å². The van der Waals surface area contributed by atoms with Gasteiger partial charge in [0.25, 0.3) is 5.24 Å². The molecule has 1 heterocycles. The zero-order valence-electron chi connectivity index (χ0n) is 8.70. The maximum absolute atomic E-state index is 11.4. The third kappa shape index (κ3) is 1.77. The molecule has 4 nitrogen and oxygen atoms in total. The van der Waals surface area contributed by atoms with Gasteiger partial charge in [-0.05, 0) is 42.3 Å². The number of primary amides is 1. The Morgan fingerprint density at radius 1 is 1.64 bits per heavy atom. The van der Waals surface area contributed by atoms with Crippen LogP contribution in [0.1, 0.15) is 13.8 Å². The molecule has 82 valence electrons. The SMILES string of the molecule is CC1(C)ON=C(Br)C1S(C)(C)C(N)=O. The Morgan fingerprint density at radius 3 is 2.43 bits per heavy atom. The topological polar surface area (TPSA) is 64.7 Å². The van der Waals surface area contributed by atoms with Crippen molar-refractivity contribution in [2.45, 2.75) is 24.7 Å². The third-order valence-electron chi connectivity index (χ3n) is 2.32. The van der Waals surface area contributed by atoms with Crippen LogP contribution in [0.15, 0.2) is 5.16 Å². The Labute approximate surface area is 93.7 Å². The van der Waals surface area contributed by atoms with E-state index in [0.29, 0.717) is 4.62 Å². The molecule has 0 aliphatic carbocycles. The van der Waals surface area contributed by atoms with Crippen LogP contribution in [0.2, 0.25) is 0 Å². The van der Waals surface area contributed by atoms with E-state index in [0.717, 1.165) is 0 Å². The first-order valence-electron chi connectivity index (χ1n) is 4.13. The molecule has 0 saturated heterocycles. The number of hydrogen-bond donors (Lipinski definition) is 1. The maximum Gasteiger partial charge on any atom is 0.259 e. The van der Waals surface area contributed by atoms with Crippen molar-refractivity contribution in [1.82, 2.24) is 0 Å². The lowest BCUT2D eigenvalue weighted by Crippen LogP contribution is -2.43. The minimum atomic E-state index is -1.60. The van der Waals surface area contributed by atoms with E-state index in [1.165, 1.54) is 0 Å². The summed E-state index contributed by atoms with van der Waals surface area (Å²) in [6.45, 7) is 3.82. The highest BCUT2D eigenvalue weighted by Crippen LogP contribution is 2.53. The van der Waals surface area contributed by atoms with Crippen molar-refractivity contribution < 1.29 is 9.63 Å². The Bertz CT molecular complexity index is 302. The molecule has 0 aromatic heterocycles. The summed E-state index contributed by atoms with van der Waals surface area (Å²) in [6.07, 6.45) is 3.76. The van der Waals surface area contributed by atoms with Crippen LogP contribution in [0, 0.1) is 0 Å². The largest absolute Gasteiger partial charge is 0.388 e. The number of carbonyl (C=O) groups is 1. The summed E-state index contributed by atoms with van der Waals surface area (Å²) < 4.78 is 0.682. The van der Waals surface area contributed by atoms with Gasteiger partial charge in [-0.2, -0.15) is 10.0 Å². The van der Waals surface area contributed by atoms with E-state index in [4.69, 9.17) is 10.6 Å². The zero-order chi connectivity index (χ0) is 11.1. The molecular weight excluding hydrogens is 268 g/mol. The van der Waals surface area contributed by atoms with Crippen LogP contribution in [0.3, 0.4) is 0 Å². The van der Waals surface area contributed by atoms with Gasteiger partial charge >= 0.3 is 0 Å². The quantitative estimate of drug-likeness (QED) is 0.800. The van der Waals surface area contributed by atoms with Crippen molar-refractivity contribution in [3.05, 3.63) is 0 Å². The Balaban J connectivity index is 3.07. The fourth-order valence-corrected chi connectivity index (χ4v) is 5.86. The predicted molar refractivity (Wildman–Crippen MR) is 64.3 cm³/mol. The average Bonchev–Trinajstić information content (AvgIpc) is 2.25. The molecule has 0 spiro atoms. The Hall–Kier alpha value is -0.230. The molecular formula is C8H15BrN2O2S. The van der Waals surface area contributed by atoms with Gasteiger partial charge in [0.05, 0.1) is 5.25 Å². The normalized spacial score (nSPS) is 26.6. The minimum absolute atomic E-state index is 0.0625. The highest BCUT2D eigenvalue weighted by Gasteiger charge is 2.49. The number of amides is 1. The molecule has 1 rings (SSSR count). The number of carbonyl (C=O) groups excluding carboxylic acids is 1. The van der Waals surface area contributed by atoms with Gasteiger partial charge in [0, 0.05) is 0 Å². The van der Waals surface area contributed by atoms with E-state index in [9.17, 15) is 4.79 Å². The van der Waals surface area contributed by atoms with E-state index in [-0.39, 0.29) is 10.5 Å². The van der Waals surface area contributed by atoms with Gasteiger partial charge in [0.2, 0.25) is 0 Å². The summed E-state index contributed by atoms with van der Waals surface area (Å²) in [6, 6.07) is 0. The molecule has 1 aliphatic rings. The Kier molecular flexibility index (Phi) is 2.89. The van der Waals surface area contributed by atoms with Crippen LogP contribution in [-0.2, 0) is 4.84 Å². The maximum atomic E-state index is 11.4. The monoisotopic (exact) mass is 282 g/mol. The van der Waals surface area contributed by atoms with Gasteiger partial charge in [-0.1, -0.05) is 5.16 Å². The summed E-state index contributed by atoms with van der Waals surface area (Å²) in [4.78, 5) is 16.6. The summed E-state index contributed by atoms with van der Waals surface area (Å²) in [5, 5.41) is 3.53. The van der Waals surface area contributed by atoms with Crippen LogP contribution in [-0.4, -0.2) is 33.2 Å². The lowest BCUT2D eigenvalue weighted by Gasteiger charge is -2.39. The molecule has 1 atom stereocenters. The number of hydrogen-bond acceptors (Lipinski definition) is 3. The Morgan fingerprint density at radius 2 is 2.14 bits per heavy atom. The molecule has 0 fully saturated rings. The number of oxime groups is 1. The lowest BCUT2D eigenvalue weighted by molar-refractivity contribution is 0.0150. The van der Waals surface area contributed by atoms with Gasteiger partial charge in [-0.25, -0.2) is 0 Å². The molecule has 0 bridgehead atoms. The van der Waals surface area contributed by atoms with Crippen molar-refractivity contribution in [3.8, 4) is 0 Å². The van der Waals surface area contributed by atoms with Crippen LogP contribution >= 0.6 is 26.0 Å². The van der Waals surface area contributed by atoms with Crippen LogP contribution < -0.4 is 5.73 Å². The first-order valence-corrected chi connectivity index (χ1v) is 7.43. The molecule has 2 N–H and O–H groups in total. The molecule has 1 unspecified atom stereocenters. The summed E-state index contributed by atoms with van der Waals surface area (Å²) in [5.74, 6) is 0. The molecule has 14 heavy (non-hydrogen) atoms. The minimum Gasteiger partial charge on any atom is -0.388 e. The van der Waals surface area contributed by atoms with E-state index in [1.54, 1.807) is 0 Å². The summed E-state index contributed by atoms with van der Waals surface area (Å²) in [7, 11) is -1.60. The van der Waals surface area contributed by atoms with Crippen molar-refractivity contribution in [2.24, 2.45) is 10.9 Å². The molecule has 0 aromatic carbocycles. The van der Waals surface area contributed by atoms with Gasteiger partial charge in [-0.3, -0.25) is 4.79 Å². The zero-order valence-corrected chi connectivity index (χ0v) is 11.1. The van der Waals surface area contributed by atoms with E-state index < -0.39 is 15.6 Å². The molecule has 1 aliphatic heterocycles. The average molecular weight is 283 g/mol. The van der Waals surface area contributed by atoms with Crippen molar-refractivity contribution in [2.75, 3.05) is 12.5 Å². The number of halogens is 1. The van der Waals surface area contributed by atoms with Gasteiger partial charge in [0.1, 0.15) is 10.2 Å². The number of nitrogens with two attached hydrogens (primary N) is 1. The van der Waals surface area contributed by atoms with E-state index in [1.807, 2.05) is 26.4 Å². The van der Waals surface area contributed by atoms with Crippen LogP contribution in [0.5, 0.6) is 0 Å². The van der Waals surface area contributed by atoms with Crippen molar-refractivity contribution in [3.63, 3.8) is 0 Å². The van der Waals surface area contributed by atoms with Crippen LogP contribution in [0.4, 0.5) is 4.79 Å². The first kappa shape index (κ1) is 11.8. The first-order chi connectivity index (χ1) is 6.19. The number of nitrogens with zero attached hydrogens (tertiary/aromatic N) is 1. The molecule has 0 saturated carbocycles. The van der Waals surface area contributed by atoms with Crippen molar-refractivity contribution in [1.29, 1.82) is 0 Å². The highest BCUT2D eigenvalue weighted by molar-refractivity contribution is 9.18. The van der Waals surface area contributed by atoms with Gasteiger partial charge < -0.3 is 10.6 Å². The fourth-order valence-electron chi connectivity index (χ4n) is 1.61. The standard InChI is InChI=1S/C8H15BrN2O2S/c1-8(2)5(6(9)11-13-8)14(3,4)7(10)12/h5H,1-4H3,(H2,10,12). The second kappa shape index (κ2) is 3.41. The second-order valence-corrected chi connectivity index (χ2v) is 8.71. The van der Waals surface area contributed by atoms with Crippen molar-refractivity contribution >= 4 is 35.8 Å². The molecule has 1 amide bonds. The smallest absolute Gasteiger partial charge is 0.259 e. The van der Waals surface area contributed by atoms with Crippen LogP contribution in [0.25, 0.3) is 0 Å². The van der Waals surface area contributed by atoms with Gasteiger partial charge in [0.15, 0.2) is 0 Å². The third-order valence-corrected chi connectivity index (χ3v) is 6.24. The van der Waals surface area contributed by atoms with E-state index in [2.05, 4.69) is 21.1 Å².